The molecule has 0 N–H and O–H groups in total. The van der Waals surface area contributed by atoms with E-state index in [-0.39, 0.29) is 47.2 Å². The number of hydrogen-bond donors (Lipinski definition) is 0. The topological polar surface area (TPSA) is 0 Å². The van der Waals surface area contributed by atoms with Crippen LogP contribution in [0.25, 0.3) is 76.5 Å². The summed E-state index contributed by atoms with van der Waals surface area (Å²) in [7, 11) is 0. The lowest BCUT2D eigenvalue weighted by Crippen LogP contribution is -1.92. The third kappa shape index (κ3) is 3.54. The molecule has 0 aliphatic rings. The fourth-order valence-corrected chi connectivity index (χ4v) is 5.99. The largest absolute Gasteiger partial charge is 0.0629 e. The van der Waals surface area contributed by atoms with Gasteiger partial charge < -0.3 is 0 Å². The van der Waals surface area contributed by atoms with Crippen LogP contribution in [0.1, 0.15) is 11.0 Å². The van der Waals surface area contributed by atoms with Crippen molar-refractivity contribution in [3.63, 3.8) is 0 Å². The second-order valence-corrected chi connectivity index (χ2v) is 9.89. The van der Waals surface area contributed by atoms with Crippen LogP contribution in [0.2, 0.25) is 0 Å². The third-order valence-corrected chi connectivity index (χ3v) is 7.72. The van der Waals surface area contributed by atoms with E-state index in [2.05, 4.69) is 42.5 Å². The first-order valence-corrected chi connectivity index (χ1v) is 13.2. The quantitative estimate of drug-likeness (QED) is 0.206. The molecule has 0 amide bonds. The maximum Gasteiger partial charge on any atom is 0.0629 e. The zero-order chi connectivity index (χ0) is 33.4. The molecule has 0 saturated heterocycles. The minimum Gasteiger partial charge on any atom is -0.0622 e. The first-order valence-electron chi connectivity index (χ1n) is 17.2. The lowest BCUT2D eigenvalue weighted by molar-refractivity contribution is 1.65. The Morgan fingerprint density at radius 3 is 1.80 bits per heavy atom. The maximum atomic E-state index is 9.24. The SMILES string of the molecule is [2H]c1cc(-c2c3ccccc3c(-c3cccc4c(-c5ccc6ccccc6c5)cccc34)c3c([2H])c([2H])c([2H])c([2H])c23)c([2H])c([2H])c1[2H]. The molecular weight excluding hydrogens is 480 g/mol. The molecule has 0 spiro atoms. The Balaban J connectivity index is 1.54. The molecule has 0 heterocycles. The van der Waals surface area contributed by atoms with Crippen molar-refractivity contribution in [3.8, 4) is 33.4 Å². The predicted molar refractivity (Wildman–Crippen MR) is 173 cm³/mol. The van der Waals surface area contributed by atoms with Crippen molar-refractivity contribution in [2.45, 2.75) is 0 Å². The van der Waals surface area contributed by atoms with E-state index in [0.717, 1.165) is 38.2 Å². The van der Waals surface area contributed by atoms with Gasteiger partial charge in [-0.3, -0.25) is 0 Å². The molecule has 0 aliphatic carbocycles. The summed E-state index contributed by atoms with van der Waals surface area (Å²) in [4.78, 5) is 0. The van der Waals surface area contributed by atoms with E-state index >= 15 is 0 Å². The van der Waals surface area contributed by atoms with Crippen LogP contribution in [-0.2, 0) is 0 Å². The monoisotopic (exact) mass is 514 g/mol. The van der Waals surface area contributed by atoms with Crippen LogP contribution in [-0.4, -0.2) is 0 Å². The van der Waals surface area contributed by atoms with E-state index in [1.807, 2.05) is 60.7 Å². The van der Waals surface area contributed by atoms with E-state index in [4.69, 9.17) is 9.60 Å². The summed E-state index contributed by atoms with van der Waals surface area (Å²) in [5.74, 6) is 0. The van der Waals surface area contributed by atoms with Gasteiger partial charge in [-0.2, -0.15) is 0 Å². The molecule has 40 heavy (non-hydrogen) atoms. The van der Waals surface area contributed by atoms with Crippen LogP contribution in [0.3, 0.4) is 0 Å². The average Bonchev–Trinajstić information content (AvgIpc) is 3.12. The highest BCUT2D eigenvalue weighted by Crippen LogP contribution is 2.46. The van der Waals surface area contributed by atoms with Crippen LogP contribution in [0.5, 0.6) is 0 Å². The summed E-state index contributed by atoms with van der Waals surface area (Å²) in [6.45, 7) is 0. The molecule has 0 heteroatoms. The number of fused-ring (bicyclic) bond motifs is 4. The molecule has 8 aromatic carbocycles. The van der Waals surface area contributed by atoms with Crippen molar-refractivity contribution in [2.75, 3.05) is 0 Å². The molecule has 186 valence electrons. The zero-order valence-corrected chi connectivity index (χ0v) is 21.4. The highest BCUT2D eigenvalue weighted by molar-refractivity contribution is 6.24. The van der Waals surface area contributed by atoms with Gasteiger partial charge in [-0.05, 0) is 82.5 Å². The second-order valence-electron chi connectivity index (χ2n) is 9.89. The summed E-state index contributed by atoms with van der Waals surface area (Å²) >= 11 is 0. The molecule has 0 unspecified atom stereocenters. The smallest absolute Gasteiger partial charge is 0.0622 e. The van der Waals surface area contributed by atoms with E-state index < -0.39 is 12.1 Å². The van der Waals surface area contributed by atoms with Crippen LogP contribution < -0.4 is 0 Å². The molecule has 8 rings (SSSR count). The average molecular weight is 515 g/mol. The highest BCUT2D eigenvalue weighted by atomic mass is 14.2. The van der Waals surface area contributed by atoms with Crippen molar-refractivity contribution in [2.24, 2.45) is 0 Å². The number of benzene rings is 8. The Morgan fingerprint density at radius 2 is 0.975 bits per heavy atom. The Kier molecular flexibility index (Phi) is 3.70. The maximum absolute atomic E-state index is 9.24. The Bertz CT molecular complexity index is 2660. The van der Waals surface area contributed by atoms with Gasteiger partial charge in [-0.15, -0.1) is 0 Å². The van der Waals surface area contributed by atoms with Gasteiger partial charge in [-0.1, -0.05) is 151 Å². The first kappa shape index (κ1) is 16.0. The van der Waals surface area contributed by atoms with E-state index in [1.165, 1.54) is 6.07 Å². The predicted octanol–water partition coefficient (Wildman–Crippen LogP) is 11.3. The Labute approximate surface area is 245 Å². The molecule has 8 aromatic rings. The Morgan fingerprint density at radius 1 is 0.350 bits per heavy atom. The highest BCUT2D eigenvalue weighted by Gasteiger charge is 2.18. The molecule has 0 fully saturated rings. The summed E-state index contributed by atoms with van der Waals surface area (Å²) in [5.41, 5.74) is 4.05. The molecule has 0 atom stereocenters. The van der Waals surface area contributed by atoms with Gasteiger partial charge in [0.2, 0.25) is 0 Å². The second kappa shape index (κ2) is 9.22. The van der Waals surface area contributed by atoms with E-state index in [1.54, 1.807) is 0 Å². The number of rotatable bonds is 3. The lowest BCUT2D eigenvalue weighted by atomic mass is 9.84. The van der Waals surface area contributed by atoms with Crippen molar-refractivity contribution in [3.05, 3.63) is 158 Å². The van der Waals surface area contributed by atoms with Crippen LogP contribution in [0, 0.1) is 0 Å². The van der Waals surface area contributed by atoms with Gasteiger partial charge in [0.25, 0.3) is 0 Å². The molecule has 0 aromatic heterocycles. The van der Waals surface area contributed by atoms with E-state index in [9.17, 15) is 1.37 Å². The third-order valence-electron chi connectivity index (χ3n) is 7.72. The van der Waals surface area contributed by atoms with Crippen LogP contribution in [0.15, 0.2) is 158 Å². The van der Waals surface area contributed by atoms with Gasteiger partial charge in [-0.25, -0.2) is 0 Å². The van der Waals surface area contributed by atoms with E-state index in [0.29, 0.717) is 27.3 Å². The lowest BCUT2D eigenvalue weighted by Gasteiger charge is -2.19. The van der Waals surface area contributed by atoms with Gasteiger partial charge in [0.1, 0.15) is 0 Å². The summed E-state index contributed by atoms with van der Waals surface area (Å²) < 4.78 is 69.5. The molecule has 0 saturated carbocycles. The zero-order valence-electron chi connectivity index (χ0n) is 29.4. The van der Waals surface area contributed by atoms with Gasteiger partial charge in [0, 0.05) is 0 Å². The fraction of sp³-hybridized carbons (Fsp3) is 0. The molecule has 0 bridgehead atoms. The number of hydrogen-bond acceptors (Lipinski definition) is 0. The standard InChI is InChI=1S/C40H26/c1-2-13-28(14-3-1)39-35-16-6-8-18-37(35)40(38-19-9-7-17-36(38)39)34-23-11-21-32-31(20-10-22-33(32)34)30-25-24-27-12-4-5-15-29(27)26-30/h1-26H/i1D,2D,3D,6D,8D,13D,16D,18D. The molecular formula is C40H26. The van der Waals surface area contributed by atoms with Crippen molar-refractivity contribution >= 4 is 43.1 Å². The Hall–Kier alpha value is -5.20. The first-order chi connectivity index (χ1) is 23.2. The van der Waals surface area contributed by atoms with Crippen LogP contribution in [0.4, 0.5) is 0 Å². The molecule has 0 aliphatic heterocycles. The van der Waals surface area contributed by atoms with Gasteiger partial charge >= 0.3 is 0 Å². The molecule has 0 nitrogen and oxygen atoms in total. The fourth-order valence-electron chi connectivity index (χ4n) is 5.99. The van der Waals surface area contributed by atoms with Crippen LogP contribution >= 0.6 is 0 Å². The minimum atomic E-state index is -0.410. The van der Waals surface area contributed by atoms with Crippen molar-refractivity contribution < 1.29 is 11.0 Å². The summed E-state index contributed by atoms with van der Waals surface area (Å²) in [5, 5.41) is 6.02. The normalized spacial score (nSPS) is 14.3. The van der Waals surface area contributed by atoms with Crippen molar-refractivity contribution in [1.29, 1.82) is 0 Å². The van der Waals surface area contributed by atoms with Gasteiger partial charge in [0.15, 0.2) is 0 Å². The van der Waals surface area contributed by atoms with Crippen molar-refractivity contribution in [1.82, 2.24) is 0 Å². The summed E-state index contributed by atoms with van der Waals surface area (Å²) in [6, 6.07) is 33.0. The van der Waals surface area contributed by atoms with Gasteiger partial charge in [0.05, 0.1) is 11.0 Å². The minimum absolute atomic E-state index is 0.176. The summed E-state index contributed by atoms with van der Waals surface area (Å²) in [6.07, 6.45) is 0. The molecule has 0 radical (unpaired) electrons.